The summed E-state index contributed by atoms with van der Waals surface area (Å²) in [7, 11) is 0. The van der Waals surface area contributed by atoms with E-state index in [-0.39, 0.29) is 17.2 Å². The molecule has 1 aromatic carbocycles. The highest BCUT2D eigenvalue weighted by atomic mass is 35.5. The molecule has 3 rings (SSSR count). The molecular formula is C22H25ClO3S. The fraction of sp³-hybridized carbons (Fsp3) is 0.409. The third-order valence-electron chi connectivity index (χ3n) is 5.26. The monoisotopic (exact) mass is 404 g/mol. The van der Waals surface area contributed by atoms with Gasteiger partial charge in [-0.25, -0.2) is 4.79 Å². The Morgan fingerprint density at radius 3 is 2.85 bits per heavy atom. The average molecular weight is 405 g/mol. The fourth-order valence-electron chi connectivity index (χ4n) is 3.87. The third-order valence-corrected chi connectivity index (χ3v) is 6.89. The lowest BCUT2D eigenvalue weighted by Gasteiger charge is -2.20. The number of carbonyl (C=O) groups is 1. The van der Waals surface area contributed by atoms with Crippen LogP contribution in [0.5, 0.6) is 0 Å². The van der Waals surface area contributed by atoms with E-state index in [4.69, 9.17) is 16.7 Å². The number of aromatic carboxylic acids is 1. The molecular weight excluding hydrogens is 380 g/mol. The summed E-state index contributed by atoms with van der Waals surface area (Å²) in [6.45, 7) is 2.07. The van der Waals surface area contributed by atoms with Crippen molar-refractivity contribution in [3.05, 3.63) is 63.4 Å². The Bertz CT molecular complexity index is 813. The molecule has 27 heavy (non-hydrogen) atoms. The van der Waals surface area contributed by atoms with Crippen molar-refractivity contribution in [3.8, 4) is 0 Å². The van der Waals surface area contributed by atoms with Gasteiger partial charge in [0.25, 0.3) is 0 Å². The van der Waals surface area contributed by atoms with Gasteiger partial charge in [0, 0.05) is 16.2 Å². The van der Waals surface area contributed by atoms with Crippen molar-refractivity contribution < 1.29 is 15.0 Å². The third kappa shape index (κ3) is 5.22. The molecule has 2 N–H and O–H groups in total. The summed E-state index contributed by atoms with van der Waals surface area (Å²) in [4.78, 5) is 12.5. The second-order valence-electron chi connectivity index (χ2n) is 7.30. The maximum absolute atomic E-state index is 11.0. The lowest BCUT2D eigenvalue weighted by atomic mass is 9.89. The van der Waals surface area contributed by atoms with Crippen molar-refractivity contribution in [2.75, 3.05) is 0 Å². The zero-order valence-electron chi connectivity index (χ0n) is 15.3. The zero-order valence-corrected chi connectivity index (χ0v) is 16.9. The summed E-state index contributed by atoms with van der Waals surface area (Å²) < 4.78 is 0. The molecule has 4 atom stereocenters. The highest BCUT2D eigenvalue weighted by Gasteiger charge is 2.39. The summed E-state index contributed by atoms with van der Waals surface area (Å²) in [5.41, 5.74) is 2.35. The molecule has 0 amide bonds. The Hall–Kier alpha value is -1.62. The number of halogens is 1. The lowest BCUT2D eigenvalue weighted by molar-refractivity contribution is 0.0702. The molecule has 5 heteroatoms. The minimum absolute atomic E-state index is 0.0231. The molecule has 144 valence electrons. The Kier molecular flexibility index (Phi) is 6.74. The molecule has 0 radical (unpaired) electrons. The summed E-state index contributed by atoms with van der Waals surface area (Å²) in [5.74, 6) is -0.570. The van der Waals surface area contributed by atoms with Gasteiger partial charge in [-0.2, -0.15) is 0 Å². The van der Waals surface area contributed by atoms with Gasteiger partial charge < -0.3 is 10.2 Å². The molecule has 0 aliphatic heterocycles. The molecule has 0 bridgehead atoms. The van der Waals surface area contributed by atoms with Crippen molar-refractivity contribution >= 4 is 35.0 Å². The number of benzene rings is 1. The standard InChI is InChI=1S/C22H25ClO3S/c1-14-4-2-5-15(12-14)8-10-18-17(19(23)13-20(18)24)7-3-6-16-9-11-21(27-16)22(25)26/h2,4-5,8-12,17-20,24H,3,6-7,13H2,1H3,(H,25,26)/t17-,18-,19-,20-/m1/s1. The molecule has 3 nitrogen and oxygen atoms in total. The van der Waals surface area contributed by atoms with E-state index in [1.165, 1.54) is 16.9 Å². The van der Waals surface area contributed by atoms with E-state index in [2.05, 4.69) is 37.3 Å². The number of carboxylic acid groups (broad SMARTS) is 1. The minimum atomic E-state index is -0.868. The van der Waals surface area contributed by atoms with Crippen LogP contribution < -0.4 is 0 Å². The highest BCUT2D eigenvalue weighted by molar-refractivity contribution is 7.13. The number of aliphatic hydroxyl groups is 1. The van der Waals surface area contributed by atoms with Crippen LogP contribution >= 0.6 is 22.9 Å². The first kappa shape index (κ1) is 20.1. The van der Waals surface area contributed by atoms with Gasteiger partial charge in [0.1, 0.15) is 4.88 Å². The smallest absolute Gasteiger partial charge is 0.345 e. The Morgan fingerprint density at radius 1 is 1.33 bits per heavy atom. The Labute approximate surface area is 169 Å². The second kappa shape index (κ2) is 9.05. The summed E-state index contributed by atoms with van der Waals surface area (Å²) in [5, 5.41) is 19.4. The van der Waals surface area contributed by atoms with Gasteiger partial charge in [-0.15, -0.1) is 22.9 Å². The maximum Gasteiger partial charge on any atom is 0.345 e. The van der Waals surface area contributed by atoms with Crippen molar-refractivity contribution in [2.24, 2.45) is 11.8 Å². The van der Waals surface area contributed by atoms with Crippen LogP contribution in [0, 0.1) is 18.8 Å². The molecule has 1 heterocycles. The lowest BCUT2D eigenvalue weighted by Crippen LogP contribution is -2.18. The van der Waals surface area contributed by atoms with E-state index in [9.17, 15) is 9.90 Å². The maximum atomic E-state index is 11.0. The molecule has 1 aromatic heterocycles. The van der Waals surface area contributed by atoms with E-state index in [0.29, 0.717) is 11.3 Å². The molecule has 1 aliphatic carbocycles. The zero-order chi connectivity index (χ0) is 19.4. The van der Waals surface area contributed by atoms with Crippen LogP contribution in [0.3, 0.4) is 0 Å². The van der Waals surface area contributed by atoms with E-state index in [1.54, 1.807) is 6.07 Å². The fourth-order valence-corrected chi connectivity index (χ4v) is 5.23. The van der Waals surface area contributed by atoms with Gasteiger partial charge >= 0.3 is 5.97 Å². The Morgan fingerprint density at radius 2 is 2.15 bits per heavy atom. The van der Waals surface area contributed by atoms with Gasteiger partial charge in [0.15, 0.2) is 0 Å². The largest absolute Gasteiger partial charge is 0.477 e. The van der Waals surface area contributed by atoms with Crippen LogP contribution in [0.2, 0.25) is 0 Å². The van der Waals surface area contributed by atoms with E-state index < -0.39 is 12.1 Å². The number of aliphatic hydroxyl groups excluding tert-OH is 1. The predicted molar refractivity (Wildman–Crippen MR) is 112 cm³/mol. The highest BCUT2D eigenvalue weighted by Crippen LogP contribution is 2.40. The summed E-state index contributed by atoms with van der Waals surface area (Å²) in [6, 6.07) is 11.9. The molecule has 2 aromatic rings. The van der Waals surface area contributed by atoms with Crippen LogP contribution in [0.4, 0.5) is 0 Å². The first-order valence-electron chi connectivity index (χ1n) is 9.33. The molecule has 0 spiro atoms. The van der Waals surface area contributed by atoms with Crippen LogP contribution in [0.15, 0.2) is 42.5 Å². The molecule has 0 saturated heterocycles. The van der Waals surface area contributed by atoms with Gasteiger partial charge in [-0.05, 0) is 56.2 Å². The quantitative estimate of drug-likeness (QED) is 0.608. The number of carboxylic acids is 1. The van der Waals surface area contributed by atoms with Gasteiger partial charge in [-0.1, -0.05) is 42.0 Å². The van der Waals surface area contributed by atoms with E-state index in [0.717, 1.165) is 29.7 Å². The van der Waals surface area contributed by atoms with Crippen LogP contribution in [-0.4, -0.2) is 27.7 Å². The van der Waals surface area contributed by atoms with E-state index >= 15 is 0 Å². The molecule has 1 saturated carbocycles. The first-order chi connectivity index (χ1) is 12.9. The molecule has 1 fully saturated rings. The van der Waals surface area contributed by atoms with E-state index in [1.807, 2.05) is 12.1 Å². The number of aryl methyl sites for hydroxylation is 2. The van der Waals surface area contributed by atoms with Crippen LogP contribution in [-0.2, 0) is 6.42 Å². The van der Waals surface area contributed by atoms with Crippen molar-refractivity contribution in [3.63, 3.8) is 0 Å². The van der Waals surface area contributed by atoms with Crippen molar-refractivity contribution in [1.82, 2.24) is 0 Å². The van der Waals surface area contributed by atoms with Crippen molar-refractivity contribution in [2.45, 2.75) is 44.1 Å². The SMILES string of the molecule is Cc1cccc(C=C[C@@H]2[C@@H](CCCc3ccc(C(=O)O)s3)[C@H](Cl)C[C@H]2O)c1. The first-order valence-corrected chi connectivity index (χ1v) is 10.6. The summed E-state index contributed by atoms with van der Waals surface area (Å²) in [6.07, 6.45) is 7.13. The van der Waals surface area contributed by atoms with Crippen LogP contribution in [0.1, 0.15) is 44.9 Å². The van der Waals surface area contributed by atoms with Gasteiger partial charge in [0.05, 0.1) is 6.10 Å². The number of thiophene rings is 1. The minimum Gasteiger partial charge on any atom is -0.477 e. The topological polar surface area (TPSA) is 57.5 Å². The molecule has 1 aliphatic rings. The van der Waals surface area contributed by atoms with Gasteiger partial charge in [0.2, 0.25) is 0 Å². The normalized spacial score (nSPS) is 25.3. The van der Waals surface area contributed by atoms with Gasteiger partial charge in [-0.3, -0.25) is 0 Å². The predicted octanol–water partition coefficient (Wildman–Crippen LogP) is 5.40. The number of rotatable bonds is 7. The number of alkyl halides is 1. The van der Waals surface area contributed by atoms with Crippen LogP contribution in [0.25, 0.3) is 6.08 Å². The summed E-state index contributed by atoms with van der Waals surface area (Å²) >= 11 is 7.87. The van der Waals surface area contributed by atoms with Crippen molar-refractivity contribution in [1.29, 1.82) is 0 Å². The molecule has 0 unspecified atom stereocenters. The average Bonchev–Trinajstić information content (AvgIpc) is 3.19. The number of hydrogen-bond acceptors (Lipinski definition) is 3. The Balaban J connectivity index is 1.60. The second-order valence-corrected chi connectivity index (χ2v) is 9.03. The number of hydrogen-bond donors (Lipinski definition) is 2.